The summed E-state index contributed by atoms with van der Waals surface area (Å²) in [7, 11) is 1.91. The van der Waals surface area contributed by atoms with Crippen molar-refractivity contribution >= 4 is 5.69 Å². The predicted molar refractivity (Wildman–Crippen MR) is 56.6 cm³/mol. The summed E-state index contributed by atoms with van der Waals surface area (Å²) >= 11 is 0. The highest BCUT2D eigenvalue weighted by molar-refractivity contribution is 5.66. The lowest BCUT2D eigenvalue weighted by atomic mass is 9.97. The van der Waals surface area contributed by atoms with Gasteiger partial charge in [0.05, 0.1) is 0 Å². The molecule has 2 nitrogen and oxygen atoms in total. The van der Waals surface area contributed by atoms with Gasteiger partial charge in [-0.3, -0.25) is 0 Å². The van der Waals surface area contributed by atoms with Crippen molar-refractivity contribution in [1.29, 1.82) is 0 Å². The Balaban J connectivity index is 3.56. The van der Waals surface area contributed by atoms with Crippen LogP contribution < -0.4 is 5.32 Å². The first-order valence-corrected chi connectivity index (χ1v) is 4.47. The lowest BCUT2D eigenvalue weighted by Crippen LogP contribution is -2.00. The van der Waals surface area contributed by atoms with E-state index in [0.717, 1.165) is 27.9 Å². The molecule has 0 bridgehead atoms. The van der Waals surface area contributed by atoms with Gasteiger partial charge in [0.2, 0.25) is 0 Å². The normalized spacial score (nSPS) is 10.2. The minimum Gasteiger partial charge on any atom is -0.507 e. The highest BCUT2D eigenvalue weighted by atomic mass is 16.3. The summed E-state index contributed by atoms with van der Waals surface area (Å²) in [5.74, 6) is 0.425. The van der Waals surface area contributed by atoms with Crippen molar-refractivity contribution in [2.45, 2.75) is 27.7 Å². The average Bonchev–Trinajstić information content (AvgIpc) is 2.13. The maximum absolute atomic E-state index is 9.76. The monoisotopic (exact) mass is 179 g/mol. The van der Waals surface area contributed by atoms with Gasteiger partial charge in [-0.2, -0.15) is 0 Å². The van der Waals surface area contributed by atoms with Crippen molar-refractivity contribution in [2.24, 2.45) is 0 Å². The number of phenolic OH excluding ortho intramolecular Hbond substituents is 1. The summed E-state index contributed by atoms with van der Waals surface area (Å²) in [5.41, 5.74) is 5.32. The summed E-state index contributed by atoms with van der Waals surface area (Å²) in [5, 5.41) is 12.9. The molecule has 0 aliphatic carbocycles. The summed E-state index contributed by atoms with van der Waals surface area (Å²) in [6, 6.07) is 0. The molecule has 0 saturated heterocycles. The third-order valence-electron chi connectivity index (χ3n) is 2.84. The molecule has 0 aliphatic heterocycles. The Morgan fingerprint density at radius 3 is 1.54 bits per heavy atom. The molecule has 0 radical (unpaired) electrons. The van der Waals surface area contributed by atoms with Crippen LogP contribution >= 0.6 is 0 Å². The number of anilines is 1. The van der Waals surface area contributed by atoms with Crippen molar-refractivity contribution in [3.63, 3.8) is 0 Å². The van der Waals surface area contributed by atoms with E-state index in [1.165, 1.54) is 0 Å². The van der Waals surface area contributed by atoms with E-state index in [2.05, 4.69) is 5.32 Å². The van der Waals surface area contributed by atoms with Gasteiger partial charge in [-0.1, -0.05) is 0 Å². The number of phenols is 1. The lowest BCUT2D eigenvalue weighted by molar-refractivity contribution is 0.466. The second-order valence-corrected chi connectivity index (χ2v) is 3.47. The Kier molecular flexibility index (Phi) is 2.50. The van der Waals surface area contributed by atoms with Gasteiger partial charge in [0.15, 0.2) is 0 Å². The van der Waals surface area contributed by atoms with E-state index >= 15 is 0 Å². The molecule has 72 valence electrons. The zero-order chi connectivity index (χ0) is 10.2. The summed E-state index contributed by atoms with van der Waals surface area (Å²) in [4.78, 5) is 0. The second-order valence-electron chi connectivity index (χ2n) is 3.47. The first-order valence-electron chi connectivity index (χ1n) is 4.47. The third-order valence-corrected chi connectivity index (χ3v) is 2.84. The molecule has 0 heterocycles. The maximum atomic E-state index is 9.76. The molecule has 13 heavy (non-hydrogen) atoms. The standard InChI is InChI=1S/C11H17NO/c1-6-8(3)11(13)9(4)7(2)10(6)12-5/h12-13H,1-5H3. The molecule has 0 atom stereocenters. The fourth-order valence-electron chi connectivity index (χ4n) is 1.67. The molecule has 0 saturated carbocycles. The highest BCUT2D eigenvalue weighted by Gasteiger charge is 2.12. The van der Waals surface area contributed by atoms with Gasteiger partial charge < -0.3 is 10.4 Å². The van der Waals surface area contributed by atoms with Crippen LogP contribution in [0.2, 0.25) is 0 Å². The largest absolute Gasteiger partial charge is 0.507 e. The molecule has 0 amide bonds. The van der Waals surface area contributed by atoms with Crippen molar-refractivity contribution in [1.82, 2.24) is 0 Å². The molecule has 0 spiro atoms. The van der Waals surface area contributed by atoms with E-state index < -0.39 is 0 Å². The number of hydrogen-bond donors (Lipinski definition) is 2. The smallest absolute Gasteiger partial charge is 0.122 e. The predicted octanol–water partition coefficient (Wildman–Crippen LogP) is 2.67. The van der Waals surface area contributed by atoms with Crippen LogP contribution in [0.1, 0.15) is 22.3 Å². The zero-order valence-electron chi connectivity index (χ0n) is 8.95. The van der Waals surface area contributed by atoms with Crippen LogP contribution in [0, 0.1) is 27.7 Å². The molecule has 1 aromatic carbocycles. The van der Waals surface area contributed by atoms with Crippen molar-refractivity contribution < 1.29 is 5.11 Å². The van der Waals surface area contributed by atoms with Gasteiger partial charge in [-0.05, 0) is 49.9 Å². The number of rotatable bonds is 1. The van der Waals surface area contributed by atoms with E-state index in [1.54, 1.807) is 0 Å². The quantitative estimate of drug-likeness (QED) is 0.650. The first-order chi connectivity index (χ1) is 6.00. The highest BCUT2D eigenvalue weighted by Crippen LogP contribution is 2.34. The molecule has 2 heteroatoms. The van der Waals surface area contributed by atoms with Crippen molar-refractivity contribution in [3.05, 3.63) is 22.3 Å². The lowest BCUT2D eigenvalue weighted by Gasteiger charge is -2.16. The molecular weight excluding hydrogens is 162 g/mol. The molecule has 1 aromatic rings. The van der Waals surface area contributed by atoms with Gasteiger partial charge in [0.1, 0.15) is 5.75 Å². The Bertz CT molecular complexity index is 313. The molecule has 0 unspecified atom stereocenters. The van der Waals surface area contributed by atoms with E-state index in [9.17, 15) is 5.11 Å². The molecule has 0 fully saturated rings. The fraction of sp³-hybridized carbons (Fsp3) is 0.455. The number of hydrogen-bond acceptors (Lipinski definition) is 2. The van der Waals surface area contributed by atoms with Gasteiger partial charge in [0, 0.05) is 12.7 Å². The molecule has 2 N–H and O–H groups in total. The minimum absolute atomic E-state index is 0.425. The van der Waals surface area contributed by atoms with E-state index in [0.29, 0.717) is 5.75 Å². The Morgan fingerprint density at radius 1 is 0.846 bits per heavy atom. The number of benzene rings is 1. The number of nitrogens with one attached hydrogen (secondary N) is 1. The Hall–Kier alpha value is -1.18. The van der Waals surface area contributed by atoms with Crippen molar-refractivity contribution in [3.8, 4) is 5.75 Å². The fourth-order valence-corrected chi connectivity index (χ4v) is 1.67. The van der Waals surface area contributed by atoms with Crippen LogP contribution in [-0.2, 0) is 0 Å². The summed E-state index contributed by atoms with van der Waals surface area (Å²) in [6.07, 6.45) is 0. The maximum Gasteiger partial charge on any atom is 0.122 e. The zero-order valence-corrected chi connectivity index (χ0v) is 8.95. The summed E-state index contributed by atoms with van der Waals surface area (Å²) < 4.78 is 0. The third kappa shape index (κ3) is 1.37. The van der Waals surface area contributed by atoms with Gasteiger partial charge in [-0.25, -0.2) is 0 Å². The van der Waals surface area contributed by atoms with Gasteiger partial charge in [-0.15, -0.1) is 0 Å². The molecule has 0 aliphatic rings. The van der Waals surface area contributed by atoms with Crippen LogP contribution in [0.4, 0.5) is 5.69 Å². The van der Waals surface area contributed by atoms with Crippen LogP contribution in [0.25, 0.3) is 0 Å². The first kappa shape index (κ1) is 9.90. The molecular formula is C11H17NO. The van der Waals surface area contributed by atoms with Crippen LogP contribution in [-0.4, -0.2) is 12.2 Å². The Labute approximate surface area is 79.6 Å². The Morgan fingerprint density at radius 2 is 1.23 bits per heavy atom. The summed E-state index contributed by atoms with van der Waals surface area (Å²) in [6.45, 7) is 7.93. The van der Waals surface area contributed by atoms with Crippen molar-refractivity contribution in [2.75, 3.05) is 12.4 Å². The van der Waals surface area contributed by atoms with E-state index in [1.807, 2.05) is 34.7 Å². The van der Waals surface area contributed by atoms with Gasteiger partial charge >= 0.3 is 0 Å². The minimum atomic E-state index is 0.425. The topological polar surface area (TPSA) is 32.3 Å². The van der Waals surface area contributed by atoms with Gasteiger partial charge in [0.25, 0.3) is 0 Å². The SMILES string of the molecule is CNc1c(C)c(C)c(O)c(C)c1C. The van der Waals surface area contributed by atoms with Crippen LogP contribution in [0.5, 0.6) is 5.75 Å². The van der Waals surface area contributed by atoms with E-state index in [-0.39, 0.29) is 0 Å². The molecule has 0 aromatic heterocycles. The molecule has 1 rings (SSSR count). The second kappa shape index (κ2) is 3.29. The van der Waals surface area contributed by atoms with E-state index in [4.69, 9.17) is 0 Å². The average molecular weight is 179 g/mol. The van der Waals surface area contributed by atoms with Crippen LogP contribution in [0.3, 0.4) is 0 Å². The van der Waals surface area contributed by atoms with Crippen LogP contribution in [0.15, 0.2) is 0 Å². The number of aromatic hydroxyl groups is 1.